The second kappa shape index (κ2) is 6.57. The van der Waals surface area contributed by atoms with Crippen molar-refractivity contribution in [2.45, 2.75) is 53.0 Å². The van der Waals surface area contributed by atoms with Gasteiger partial charge in [0, 0.05) is 11.7 Å². The quantitative estimate of drug-likeness (QED) is 0.789. The Kier molecular flexibility index (Phi) is 5.03. The van der Waals surface area contributed by atoms with Gasteiger partial charge in [-0.05, 0) is 61.5 Å². The molecule has 0 bridgehead atoms. The van der Waals surface area contributed by atoms with E-state index in [-0.39, 0.29) is 0 Å². The molecule has 1 aliphatic carbocycles. The van der Waals surface area contributed by atoms with Crippen LogP contribution in [0.3, 0.4) is 0 Å². The van der Waals surface area contributed by atoms with Crippen LogP contribution in [0.4, 0.5) is 5.69 Å². The molecular formula is C17H26N2S. The Labute approximate surface area is 128 Å². The minimum atomic E-state index is 0.504. The highest BCUT2D eigenvalue weighted by Gasteiger charge is 2.27. The van der Waals surface area contributed by atoms with E-state index in [0.717, 1.165) is 16.7 Å². The number of hydrogen-bond acceptors (Lipinski definition) is 1. The van der Waals surface area contributed by atoms with Crippen LogP contribution in [0.1, 0.15) is 44.2 Å². The highest BCUT2D eigenvalue weighted by molar-refractivity contribution is 7.80. The third kappa shape index (κ3) is 3.72. The van der Waals surface area contributed by atoms with Gasteiger partial charge in [0.05, 0.1) is 0 Å². The standard InChI is InChI=1S/C17H26N2S/c1-11-8-9-13(3)16(10-11)19-17(20)18-15-7-5-6-12(2)14(15)4/h8-10,12,14-15H,5-7H2,1-4H3,(H2,18,19,20)/t12-,14-,15+/m1/s1. The van der Waals surface area contributed by atoms with Crippen molar-refractivity contribution in [2.24, 2.45) is 11.8 Å². The molecule has 1 saturated carbocycles. The van der Waals surface area contributed by atoms with Gasteiger partial charge in [0.25, 0.3) is 0 Å². The average molecular weight is 290 g/mol. The number of hydrogen-bond donors (Lipinski definition) is 2. The minimum Gasteiger partial charge on any atom is -0.359 e. The number of rotatable bonds is 2. The predicted octanol–water partition coefficient (Wildman–Crippen LogP) is 4.41. The Morgan fingerprint density at radius 3 is 2.70 bits per heavy atom. The van der Waals surface area contributed by atoms with Gasteiger partial charge in [0.2, 0.25) is 0 Å². The van der Waals surface area contributed by atoms with E-state index in [2.05, 4.69) is 56.5 Å². The Morgan fingerprint density at radius 1 is 1.20 bits per heavy atom. The molecule has 2 rings (SSSR count). The predicted molar refractivity (Wildman–Crippen MR) is 91.2 cm³/mol. The molecule has 0 spiro atoms. The van der Waals surface area contributed by atoms with E-state index in [4.69, 9.17) is 12.2 Å². The summed E-state index contributed by atoms with van der Waals surface area (Å²) in [7, 11) is 0. The lowest BCUT2D eigenvalue weighted by Crippen LogP contribution is -2.45. The highest BCUT2D eigenvalue weighted by Crippen LogP contribution is 2.29. The Morgan fingerprint density at radius 2 is 1.95 bits per heavy atom. The summed E-state index contributed by atoms with van der Waals surface area (Å²) >= 11 is 5.49. The summed E-state index contributed by atoms with van der Waals surface area (Å²) in [5, 5.41) is 7.62. The van der Waals surface area contributed by atoms with Gasteiger partial charge in [0.15, 0.2) is 5.11 Å². The monoisotopic (exact) mass is 290 g/mol. The van der Waals surface area contributed by atoms with Crippen LogP contribution in [-0.2, 0) is 0 Å². The van der Waals surface area contributed by atoms with Crippen molar-refractivity contribution in [3.05, 3.63) is 29.3 Å². The van der Waals surface area contributed by atoms with Crippen molar-refractivity contribution in [3.63, 3.8) is 0 Å². The number of anilines is 1. The lowest BCUT2D eigenvalue weighted by atomic mass is 9.78. The van der Waals surface area contributed by atoms with E-state index >= 15 is 0 Å². The van der Waals surface area contributed by atoms with E-state index < -0.39 is 0 Å². The zero-order valence-corrected chi connectivity index (χ0v) is 13.8. The van der Waals surface area contributed by atoms with Crippen LogP contribution in [0.15, 0.2) is 18.2 Å². The number of aryl methyl sites for hydroxylation is 2. The van der Waals surface area contributed by atoms with Gasteiger partial charge < -0.3 is 10.6 Å². The molecule has 0 amide bonds. The van der Waals surface area contributed by atoms with Crippen molar-refractivity contribution in [3.8, 4) is 0 Å². The molecule has 1 aromatic carbocycles. The first kappa shape index (κ1) is 15.3. The summed E-state index contributed by atoms with van der Waals surface area (Å²) in [5.74, 6) is 1.46. The maximum atomic E-state index is 5.49. The minimum absolute atomic E-state index is 0.504. The third-order valence-corrected chi connectivity index (χ3v) is 4.88. The molecule has 0 aromatic heterocycles. The molecule has 0 saturated heterocycles. The van der Waals surface area contributed by atoms with Gasteiger partial charge in [-0.1, -0.05) is 38.8 Å². The zero-order valence-electron chi connectivity index (χ0n) is 13.0. The number of thiocarbonyl (C=S) groups is 1. The molecule has 20 heavy (non-hydrogen) atoms. The second-order valence-corrected chi connectivity index (χ2v) is 6.70. The van der Waals surface area contributed by atoms with Gasteiger partial charge in [-0.2, -0.15) is 0 Å². The lowest BCUT2D eigenvalue weighted by Gasteiger charge is -2.35. The van der Waals surface area contributed by atoms with Crippen LogP contribution >= 0.6 is 12.2 Å². The molecule has 1 aliphatic rings. The molecule has 1 fully saturated rings. The largest absolute Gasteiger partial charge is 0.359 e. The van der Waals surface area contributed by atoms with E-state index in [9.17, 15) is 0 Å². The van der Waals surface area contributed by atoms with Crippen LogP contribution in [0.2, 0.25) is 0 Å². The first-order valence-corrected chi connectivity index (χ1v) is 8.03. The van der Waals surface area contributed by atoms with Crippen molar-refractivity contribution < 1.29 is 0 Å². The van der Waals surface area contributed by atoms with Gasteiger partial charge in [-0.3, -0.25) is 0 Å². The smallest absolute Gasteiger partial charge is 0.171 e. The Bertz CT molecular complexity index is 484. The van der Waals surface area contributed by atoms with Crippen molar-refractivity contribution in [1.29, 1.82) is 0 Å². The summed E-state index contributed by atoms with van der Waals surface area (Å²) in [6.45, 7) is 8.89. The van der Waals surface area contributed by atoms with E-state index in [1.54, 1.807) is 0 Å². The van der Waals surface area contributed by atoms with Crippen molar-refractivity contribution in [2.75, 3.05) is 5.32 Å². The van der Waals surface area contributed by atoms with Gasteiger partial charge in [-0.15, -0.1) is 0 Å². The number of nitrogens with one attached hydrogen (secondary N) is 2. The molecular weight excluding hydrogens is 264 g/mol. The fourth-order valence-corrected chi connectivity index (χ4v) is 3.24. The van der Waals surface area contributed by atoms with Crippen molar-refractivity contribution >= 4 is 23.0 Å². The molecule has 3 atom stereocenters. The van der Waals surface area contributed by atoms with E-state index in [1.807, 2.05) is 0 Å². The summed E-state index contributed by atoms with van der Waals surface area (Å²) in [6.07, 6.45) is 3.87. The Hall–Kier alpha value is -1.09. The molecule has 3 heteroatoms. The van der Waals surface area contributed by atoms with Crippen LogP contribution in [0.5, 0.6) is 0 Å². The fourth-order valence-electron chi connectivity index (χ4n) is 2.98. The molecule has 0 radical (unpaired) electrons. The van der Waals surface area contributed by atoms with Crippen molar-refractivity contribution in [1.82, 2.24) is 5.32 Å². The molecule has 0 heterocycles. The van der Waals surface area contributed by atoms with Crippen LogP contribution < -0.4 is 10.6 Å². The molecule has 2 N–H and O–H groups in total. The zero-order chi connectivity index (χ0) is 14.7. The third-order valence-electron chi connectivity index (χ3n) is 4.66. The maximum Gasteiger partial charge on any atom is 0.171 e. The first-order valence-electron chi connectivity index (χ1n) is 7.62. The van der Waals surface area contributed by atoms with E-state index in [1.165, 1.54) is 30.4 Å². The average Bonchev–Trinajstić information content (AvgIpc) is 2.39. The lowest BCUT2D eigenvalue weighted by molar-refractivity contribution is 0.225. The SMILES string of the molecule is Cc1ccc(C)c(NC(=S)N[C@H]2CCC[C@@H](C)[C@H]2C)c1. The molecule has 110 valence electrons. The van der Waals surface area contributed by atoms with Gasteiger partial charge in [-0.25, -0.2) is 0 Å². The van der Waals surface area contributed by atoms with Crippen LogP contribution in [0, 0.1) is 25.7 Å². The van der Waals surface area contributed by atoms with Crippen LogP contribution in [0.25, 0.3) is 0 Å². The molecule has 1 aromatic rings. The van der Waals surface area contributed by atoms with Crippen LogP contribution in [-0.4, -0.2) is 11.2 Å². The molecule has 2 nitrogen and oxygen atoms in total. The molecule has 0 aliphatic heterocycles. The summed E-state index contributed by atoms with van der Waals surface area (Å²) < 4.78 is 0. The maximum absolute atomic E-state index is 5.49. The second-order valence-electron chi connectivity index (χ2n) is 6.29. The fraction of sp³-hybridized carbons (Fsp3) is 0.588. The topological polar surface area (TPSA) is 24.1 Å². The molecule has 0 unspecified atom stereocenters. The van der Waals surface area contributed by atoms with Gasteiger partial charge >= 0.3 is 0 Å². The summed E-state index contributed by atoms with van der Waals surface area (Å²) in [4.78, 5) is 0. The highest BCUT2D eigenvalue weighted by atomic mass is 32.1. The van der Waals surface area contributed by atoms with Gasteiger partial charge in [0.1, 0.15) is 0 Å². The normalized spacial score (nSPS) is 26.1. The first-order chi connectivity index (χ1) is 9.47. The summed E-state index contributed by atoms with van der Waals surface area (Å²) in [5.41, 5.74) is 3.59. The Balaban J connectivity index is 1.97. The summed E-state index contributed by atoms with van der Waals surface area (Å²) in [6, 6.07) is 6.91. The van der Waals surface area contributed by atoms with E-state index in [0.29, 0.717) is 12.0 Å². The number of benzene rings is 1.